The molecule has 0 spiro atoms. The molecule has 26 heavy (non-hydrogen) atoms. The summed E-state index contributed by atoms with van der Waals surface area (Å²) < 4.78 is 47.6. The lowest BCUT2D eigenvalue weighted by Crippen LogP contribution is -2.14. The molecule has 0 heterocycles. The second-order valence-electron chi connectivity index (χ2n) is 6.82. The molecule has 0 aromatic heterocycles. The summed E-state index contributed by atoms with van der Waals surface area (Å²) in [5.74, 6) is -4.42. The molecular weight excluding hydrogens is 479 g/mol. The molecule has 3 nitrogen and oxygen atoms in total. The van der Waals surface area contributed by atoms with Gasteiger partial charge in [0.15, 0.2) is 11.6 Å². The van der Waals surface area contributed by atoms with Gasteiger partial charge in [-0.1, -0.05) is 26.8 Å². The standard InChI is InChI=1S/C18H20Br2F3NO2/c1-4-5-24-16-9(15(23)11(21)7-12(16)22)8-26-17(25)14-10(6-13(19)20)18(14,2)3/h6-7,10,14,24H,4-5,8H2,1-3H3/t10-,14-/m0/s1. The Labute approximate surface area is 167 Å². The number of benzene rings is 1. The summed E-state index contributed by atoms with van der Waals surface area (Å²) >= 11 is 6.52. The van der Waals surface area contributed by atoms with Crippen LogP contribution < -0.4 is 5.32 Å². The molecule has 1 aromatic rings. The van der Waals surface area contributed by atoms with Crippen LogP contribution in [0.5, 0.6) is 0 Å². The van der Waals surface area contributed by atoms with E-state index in [2.05, 4.69) is 37.2 Å². The summed E-state index contributed by atoms with van der Waals surface area (Å²) in [6, 6.07) is 0.483. The van der Waals surface area contributed by atoms with Crippen LogP contribution in [0, 0.1) is 34.7 Å². The predicted molar refractivity (Wildman–Crippen MR) is 102 cm³/mol. The molecule has 144 valence electrons. The number of rotatable bonds is 7. The van der Waals surface area contributed by atoms with E-state index >= 15 is 0 Å². The number of carbonyl (C=O) groups is 1. The first-order valence-corrected chi connectivity index (χ1v) is 9.79. The number of allylic oxidation sites excluding steroid dienone is 1. The van der Waals surface area contributed by atoms with Gasteiger partial charge in [0.2, 0.25) is 0 Å². The van der Waals surface area contributed by atoms with Crippen molar-refractivity contribution in [2.45, 2.75) is 33.8 Å². The largest absolute Gasteiger partial charge is 0.460 e. The summed E-state index contributed by atoms with van der Waals surface area (Å²) in [6.07, 6.45) is 2.52. The highest BCUT2D eigenvalue weighted by Crippen LogP contribution is 2.60. The molecular formula is C18H20Br2F3NO2. The van der Waals surface area contributed by atoms with Crippen molar-refractivity contribution in [1.29, 1.82) is 0 Å². The van der Waals surface area contributed by atoms with Gasteiger partial charge in [-0.3, -0.25) is 4.79 Å². The third-order valence-corrected chi connectivity index (χ3v) is 5.18. The van der Waals surface area contributed by atoms with Crippen LogP contribution in [-0.4, -0.2) is 12.5 Å². The predicted octanol–water partition coefficient (Wildman–Crippen LogP) is 5.87. The SMILES string of the molecule is CCCNc1c(F)cc(F)c(F)c1COC(=O)[C@@H]1[C@H](C=C(Br)Br)C1(C)C. The number of carbonyl (C=O) groups excluding carboxylic acids is 1. The van der Waals surface area contributed by atoms with Crippen LogP contribution in [0.1, 0.15) is 32.8 Å². The zero-order valence-electron chi connectivity index (χ0n) is 14.6. The van der Waals surface area contributed by atoms with E-state index in [1.54, 1.807) is 0 Å². The van der Waals surface area contributed by atoms with E-state index in [4.69, 9.17) is 4.74 Å². The van der Waals surface area contributed by atoms with E-state index in [1.165, 1.54) is 0 Å². The van der Waals surface area contributed by atoms with Crippen molar-refractivity contribution < 1.29 is 22.7 Å². The van der Waals surface area contributed by atoms with E-state index in [0.717, 1.165) is 3.39 Å². The van der Waals surface area contributed by atoms with Crippen LogP contribution in [0.2, 0.25) is 0 Å². The van der Waals surface area contributed by atoms with E-state index in [0.29, 0.717) is 19.0 Å². The molecule has 0 unspecified atom stereocenters. The molecule has 1 fully saturated rings. The Bertz CT molecular complexity index is 734. The quantitative estimate of drug-likeness (QED) is 0.377. The maximum atomic E-state index is 14.1. The van der Waals surface area contributed by atoms with Gasteiger partial charge < -0.3 is 10.1 Å². The van der Waals surface area contributed by atoms with Gasteiger partial charge in [0, 0.05) is 12.6 Å². The Morgan fingerprint density at radius 1 is 1.31 bits per heavy atom. The topological polar surface area (TPSA) is 38.3 Å². The number of esters is 1. The Morgan fingerprint density at radius 3 is 2.54 bits per heavy atom. The van der Waals surface area contributed by atoms with E-state index < -0.39 is 35.9 Å². The average molecular weight is 499 g/mol. The zero-order chi connectivity index (χ0) is 19.6. The number of ether oxygens (including phenoxy) is 1. The molecule has 0 aliphatic heterocycles. The second kappa shape index (κ2) is 8.33. The van der Waals surface area contributed by atoms with Gasteiger partial charge in [-0.15, -0.1) is 0 Å². The fourth-order valence-corrected chi connectivity index (χ4v) is 3.60. The Morgan fingerprint density at radius 2 is 1.96 bits per heavy atom. The summed E-state index contributed by atoms with van der Waals surface area (Å²) in [7, 11) is 0. The number of hydrogen-bond acceptors (Lipinski definition) is 3. The first kappa shape index (κ1) is 21.3. The minimum absolute atomic E-state index is 0.0458. The number of nitrogens with one attached hydrogen (secondary N) is 1. The fourth-order valence-electron chi connectivity index (χ4n) is 3.03. The summed E-state index contributed by atoms with van der Waals surface area (Å²) in [4.78, 5) is 12.4. The molecule has 8 heteroatoms. The van der Waals surface area contributed by atoms with Crippen LogP contribution in [0.4, 0.5) is 18.9 Å². The van der Waals surface area contributed by atoms with Crippen molar-refractivity contribution in [2.75, 3.05) is 11.9 Å². The maximum absolute atomic E-state index is 14.1. The van der Waals surface area contributed by atoms with E-state index in [9.17, 15) is 18.0 Å². The molecule has 2 rings (SSSR count). The fraction of sp³-hybridized carbons (Fsp3) is 0.500. The van der Waals surface area contributed by atoms with E-state index in [-0.39, 0.29) is 22.6 Å². The summed E-state index contributed by atoms with van der Waals surface area (Å²) in [5.41, 5.74) is -0.802. The Kier molecular flexibility index (Phi) is 6.82. The van der Waals surface area contributed by atoms with Crippen molar-refractivity contribution >= 4 is 43.5 Å². The molecule has 0 radical (unpaired) electrons. The highest BCUT2D eigenvalue weighted by Gasteiger charge is 2.61. The Hall–Kier alpha value is -1.02. The van der Waals surface area contributed by atoms with Crippen LogP contribution >= 0.6 is 31.9 Å². The normalized spacial score (nSPS) is 20.5. The lowest BCUT2D eigenvalue weighted by Gasteiger charge is -2.14. The van der Waals surface area contributed by atoms with Crippen LogP contribution in [-0.2, 0) is 16.1 Å². The molecule has 1 aromatic carbocycles. The van der Waals surface area contributed by atoms with Crippen LogP contribution in [0.3, 0.4) is 0 Å². The van der Waals surface area contributed by atoms with Gasteiger partial charge in [0.25, 0.3) is 0 Å². The second-order valence-corrected chi connectivity index (χ2v) is 9.60. The highest BCUT2D eigenvalue weighted by molar-refractivity contribution is 9.28. The molecule has 1 aliphatic carbocycles. The van der Waals surface area contributed by atoms with Gasteiger partial charge >= 0.3 is 5.97 Å². The third kappa shape index (κ3) is 4.44. The minimum Gasteiger partial charge on any atom is -0.460 e. The van der Waals surface area contributed by atoms with Crippen molar-refractivity contribution in [3.8, 4) is 0 Å². The monoisotopic (exact) mass is 497 g/mol. The van der Waals surface area contributed by atoms with Crippen LogP contribution in [0.15, 0.2) is 15.5 Å². The molecule has 1 N–H and O–H groups in total. The van der Waals surface area contributed by atoms with Crippen molar-refractivity contribution in [3.05, 3.63) is 38.5 Å². The molecule has 1 aliphatic rings. The zero-order valence-corrected chi connectivity index (χ0v) is 17.8. The number of hydrogen-bond donors (Lipinski definition) is 1. The smallest absolute Gasteiger partial charge is 0.310 e. The first-order valence-electron chi connectivity index (χ1n) is 8.20. The van der Waals surface area contributed by atoms with Crippen molar-refractivity contribution in [3.63, 3.8) is 0 Å². The lowest BCUT2D eigenvalue weighted by molar-refractivity contribution is -0.147. The number of anilines is 1. The molecule has 0 bridgehead atoms. The third-order valence-electron chi connectivity index (χ3n) is 4.65. The van der Waals surface area contributed by atoms with E-state index in [1.807, 2.05) is 26.8 Å². The minimum atomic E-state index is -1.31. The molecule has 1 saturated carbocycles. The van der Waals surface area contributed by atoms with Crippen LogP contribution in [0.25, 0.3) is 0 Å². The Balaban J connectivity index is 2.17. The first-order chi connectivity index (χ1) is 12.1. The lowest BCUT2D eigenvalue weighted by atomic mass is 10.1. The molecule has 0 saturated heterocycles. The van der Waals surface area contributed by atoms with Crippen molar-refractivity contribution in [1.82, 2.24) is 0 Å². The van der Waals surface area contributed by atoms with Gasteiger partial charge in [-0.2, -0.15) is 0 Å². The average Bonchev–Trinajstić information content (AvgIpc) is 3.07. The summed E-state index contributed by atoms with van der Waals surface area (Å²) in [5, 5.41) is 2.72. The van der Waals surface area contributed by atoms with Gasteiger partial charge in [0.1, 0.15) is 12.4 Å². The van der Waals surface area contributed by atoms with Crippen molar-refractivity contribution in [2.24, 2.45) is 17.3 Å². The van der Waals surface area contributed by atoms with Gasteiger partial charge in [0.05, 0.1) is 20.6 Å². The van der Waals surface area contributed by atoms with Gasteiger partial charge in [-0.05, 0) is 49.6 Å². The maximum Gasteiger partial charge on any atom is 0.310 e. The molecule has 2 atom stereocenters. The highest BCUT2D eigenvalue weighted by atomic mass is 79.9. The van der Waals surface area contributed by atoms with Gasteiger partial charge in [-0.25, -0.2) is 13.2 Å². The number of halogens is 5. The molecule has 0 amide bonds. The summed E-state index contributed by atoms with van der Waals surface area (Å²) in [6.45, 7) is 5.53.